The average molecular weight is 641 g/mol. The van der Waals surface area contributed by atoms with Gasteiger partial charge in [-0.25, -0.2) is 0 Å². The van der Waals surface area contributed by atoms with Gasteiger partial charge < -0.3 is 28.2 Å². The SMILES string of the molecule is CN(C)CCCCCC[N+](C)(C)CCCCOc1ccc(-c2ccc(OCCCC[N+](C)(C)CCCCCCN(C)C)cc2)cc1. The van der Waals surface area contributed by atoms with Gasteiger partial charge in [0.2, 0.25) is 0 Å². The van der Waals surface area contributed by atoms with Crippen molar-refractivity contribution >= 4 is 0 Å². The van der Waals surface area contributed by atoms with E-state index in [1.165, 1.54) is 115 Å². The van der Waals surface area contributed by atoms with Gasteiger partial charge in [0.05, 0.1) is 67.6 Å². The quantitative estimate of drug-likeness (QED) is 0.0729. The number of hydrogen-bond acceptors (Lipinski definition) is 4. The molecule has 0 fully saturated rings. The lowest BCUT2D eigenvalue weighted by atomic mass is 10.1. The Morgan fingerprint density at radius 1 is 0.413 bits per heavy atom. The molecule has 0 spiro atoms. The number of quaternary nitrogens is 2. The fourth-order valence-electron chi connectivity index (χ4n) is 6.02. The summed E-state index contributed by atoms with van der Waals surface area (Å²) in [6, 6.07) is 17.0. The van der Waals surface area contributed by atoms with Crippen molar-refractivity contribution in [3.8, 4) is 22.6 Å². The Labute approximate surface area is 284 Å². The number of rotatable bonds is 27. The highest BCUT2D eigenvalue weighted by Gasteiger charge is 2.15. The third-order valence-electron chi connectivity index (χ3n) is 9.13. The molecule has 0 radical (unpaired) electrons. The molecule has 46 heavy (non-hydrogen) atoms. The van der Waals surface area contributed by atoms with E-state index in [4.69, 9.17) is 9.47 Å². The summed E-state index contributed by atoms with van der Waals surface area (Å²) in [5.41, 5.74) is 2.41. The summed E-state index contributed by atoms with van der Waals surface area (Å²) >= 11 is 0. The van der Waals surface area contributed by atoms with Gasteiger partial charge in [-0.1, -0.05) is 37.1 Å². The van der Waals surface area contributed by atoms with Crippen LogP contribution in [0.25, 0.3) is 11.1 Å². The number of ether oxygens (including phenoxy) is 2. The second kappa shape index (κ2) is 22.4. The third kappa shape index (κ3) is 19.5. The van der Waals surface area contributed by atoms with E-state index < -0.39 is 0 Å². The first-order chi connectivity index (χ1) is 22.0. The molecule has 2 rings (SSSR count). The second-order valence-electron chi connectivity index (χ2n) is 15.4. The van der Waals surface area contributed by atoms with Crippen LogP contribution in [-0.2, 0) is 0 Å². The highest BCUT2D eigenvalue weighted by atomic mass is 16.5. The zero-order valence-corrected chi connectivity index (χ0v) is 31.4. The highest BCUT2D eigenvalue weighted by Crippen LogP contribution is 2.25. The Hall–Kier alpha value is -2.12. The molecule has 2 aromatic carbocycles. The van der Waals surface area contributed by atoms with Gasteiger partial charge in [-0.3, -0.25) is 0 Å². The summed E-state index contributed by atoms with van der Waals surface area (Å²) < 4.78 is 14.4. The highest BCUT2D eigenvalue weighted by molar-refractivity contribution is 5.64. The molecule has 0 aliphatic carbocycles. The molecule has 0 heterocycles. The Kier molecular flexibility index (Phi) is 19.5. The molecule has 262 valence electrons. The zero-order valence-electron chi connectivity index (χ0n) is 31.4. The van der Waals surface area contributed by atoms with Gasteiger partial charge in [-0.05, 0) is 141 Å². The molecule has 0 atom stereocenters. The molecule has 0 aromatic heterocycles. The predicted molar refractivity (Wildman–Crippen MR) is 199 cm³/mol. The van der Waals surface area contributed by atoms with Gasteiger partial charge in [0, 0.05) is 0 Å². The maximum Gasteiger partial charge on any atom is 0.119 e. The van der Waals surface area contributed by atoms with Crippen LogP contribution in [0.3, 0.4) is 0 Å². The number of unbranched alkanes of at least 4 members (excludes halogenated alkanes) is 8. The molecular formula is C40H72N4O2+2. The number of hydrogen-bond donors (Lipinski definition) is 0. The lowest BCUT2D eigenvalue weighted by Crippen LogP contribution is -2.41. The van der Waals surface area contributed by atoms with Crippen molar-refractivity contribution < 1.29 is 18.4 Å². The number of nitrogens with zero attached hydrogens (tertiary/aromatic N) is 4. The van der Waals surface area contributed by atoms with E-state index in [-0.39, 0.29) is 0 Å². The molecule has 0 N–H and O–H groups in total. The normalized spacial score (nSPS) is 12.3. The number of benzene rings is 2. The van der Waals surface area contributed by atoms with Gasteiger partial charge >= 0.3 is 0 Å². The maximum atomic E-state index is 6.07. The molecule has 6 heteroatoms. The van der Waals surface area contributed by atoms with Gasteiger partial charge in [-0.2, -0.15) is 0 Å². The van der Waals surface area contributed by atoms with Crippen LogP contribution in [0.2, 0.25) is 0 Å². The summed E-state index contributed by atoms with van der Waals surface area (Å²) in [6.07, 6.45) is 15.3. The van der Waals surface area contributed by atoms with E-state index in [1.54, 1.807) is 0 Å². The van der Waals surface area contributed by atoms with Crippen molar-refractivity contribution in [3.63, 3.8) is 0 Å². The van der Waals surface area contributed by atoms with Crippen LogP contribution < -0.4 is 9.47 Å². The summed E-state index contributed by atoms with van der Waals surface area (Å²) in [5, 5.41) is 0. The molecule has 0 saturated heterocycles. The third-order valence-corrected chi connectivity index (χ3v) is 9.13. The van der Waals surface area contributed by atoms with Gasteiger partial charge in [-0.15, -0.1) is 0 Å². The minimum atomic E-state index is 0.781. The Morgan fingerprint density at radius 3 is 1.04 bits per heavy atom. The molecule has 0 aliphatic heterocycles. The Balaban J connectivity index is 1.57. The topological polar surface area (TPSA) is 24.9 Å². The predicted octanol–water partition coefficient (Wildman–Crippen LogP) is 8.07. The molecular weight excluding hydrogens is 568 g/mol. The van der Waals surface area contributed by atoms with Crippen molar-refractivity contribution in [2.75, 3.05) is 109 Å². The molecule has 0 saturated carbocycles. The van der Waals surface area contributed by atoms with E-state index in [2.05, 4.69) is 115 Å². The van der Waals surface area contributed by atoms with E-state index in [9.17, 15) is 0 Å². The van der Waals surface area contributed by atoms with Crippen LogP contribution in [0, 0.1) is 0 Å². The van der Waals surface area contributed by atoms with Crippen LogP contribution >= 0.6 is 0 Å². The van der Waals surface area contributed by atoms with E-state index in [0.717, 1.165) is 46.5 Å². The molecule has 0 bridgehead atoms. The van der Waals surface area contributed by atoms with Crippen molar-refractivity contribution in [1.29, 1.82) is 0 Å². The molecule has 0 amide bonds. The molecule has 2 aromatic rings. The van der Waals surface area contributed by atoms with Crippen LogP contribution in [0.1, 0.15) is 77.0 Å². The average Bonchev–Trinajstić information content (AvgIpc) is 3.00. The van der Waals surface area contributed by atoms with E-state index >= 15 is 0 Å². The standard InChI is InChI=1S/C40H72N4O2/c1-41(2)29-13-9-11-15-31-43(5,6)33-17-19-35-45-39-25-21-37(22-26-39)38-23-27-40(28-24-38)46-36-20-18-34-44(7,8)32-16-12-10-14-30-42(3)4/h21-28H,9-20,29-36H2,1-8H3/q+2. The van der Waals surface area contributed by atoms with Crippen molar-refractivity contribution in [2.45, 2.75) is 77.0 Å². The monoisotopic (exact) mass is 641 g/mol. The van der Waals surface area contributed by atoms with Crippen LogP contribution in [0.5, 0.6) is 11.5 Å². The first-order valence-corrected chi connectivity index (χ1v) is 18.4. The first-order valence-electron chi connectivity index (χ1n) is 18.4. The minimum absolute atomic E-state index is 0.781. The van der Waals surface area contributed by atoms with Crippen LogP contribution in [0.15, 0.2) is 48.5 Å². The fourth-order valence-corrected chi connectivity index (χ4v) is 6.02. The minimum Gasteiger partial charge on any atom is -0.494 e. The van der Waals surface area contributed by atoms with Crippen molar-refractivity contribution in [1.82, 2.24) is 9.80 Å². The Bertz CT molecular complexity index is 935. The summed E-state index contributed by atoms with van der Waals surface area (Å²) in [7, 11) is 18.1. The smallest absolute Gasteiger partial charge is 0.119 e. The summed E-state index contributed by atoms with van der Waals surface area (Å²) in [6.45, 7) is 8.96. The second-order valence-corrected chi connectivity index (χ2v) is 15.4. The van der Waals surface area contributed by atoms with Gasteiger partial charge in [0.1, 0.15) is 11.5 Å². The lowest BCUT2D eigenvalue weighted by molar-refractivity contribution is -0.890. The molecule has 0 aliphatic rings. The van der Waals surface area contributed by atoms with Crippen LogP contribution in [0.4, 0.5) is 0 Å². The van der Waals surface area contributed by atoms with E-state index in [1.807, 2.05) is 0 Å². The first kappa shape index (κ1) is 40.1. The van der Waals surface area contributed by atoms with Gasteiger partial charge in [0.25, 0.3) is 0 Å². The maximum absolute atomic E-state index is 6.07. The fraction of sp³-hybridized carbons (Fsp3) is 0.700. The summed E-state index contributed by atoms with van der Waals surface area (Å²) in [5.74, 6) is 1.91. The van der Waals surface area contributed by atoms with E-state index in [0.29, 0.717) is 0 Å². The molecule has 6 nitrogen and oxygen atoms in total. The van der Waals surface area contributed by atoms with Crippen molar-refractivity contribution in [3.05, 3.63) is 48.5 Å². The summed E-state index contributed by atoms with van der Waals surface area (Å²) in [4.78, 5) is 4.56. The lowest BCUT2D eigenvalue weighted by Gasteiger charge is -2.30. The largest absolute Gasteiger partial charge is 0.494 e. The van der Waals surface area contributed by atoms with Crippen molar-refractivity contribution in [2.24, 2.45) is 0 Å². The van der Waals surface area contributed by atoms with Gasteiger partial charge in [0.15, 0.2) is 0 Å². The van der Waals surface area contributed by atoms with Crippen LogP contribution in [-0.4, -0.2) is 128 Å². The Morgan fingerprint density at radius 2 is 0.717 bits per heavy atom. The zero-order chi connectivity index (χ0) is 33.7. The molecule has 0 unspecified atom stereocenters.